The number of halogens is 1. The lowest BCUT2D eigenvalue weighted by Crippen LogP contribution is -2.18. The maximum absolute atomic E-state index is 13.5. The molecule has 0 atom stereocenters. The predicted octanol–water partition coefficient (Wildman–Crippen LogP) is 3.64. The predicted molar refractivity (Wildman–Crippen MR) is 89.5 cm³/mol. The summed E-state index contributed by atoms with van der Waals surface area (Å²) in [4.78, 5) is 31.8. The van der Waals surface area contributed by atoms with E-state index in [1.54, 1.807) is 13.8 Å². The van der Waals surface area contributed by atoms with Crippen LogP contribution in [0.25, 0.3) is 16.3 Å². The fourth-order valence-electron chi connectivity index (χ4n) is 2.34. The van der Waals surface area contributed by atoms with Gasteiger partial charge in [0, 0.05) is 11.6 Å². The molecular formula is C17H13FN2O2S. The lowest BCUT2D eigenvalue weighted by atomic mass is 10.0. The van der Waals surface area contributed by atoms with Crippen LogP contribution in [0, 0.1) is 19.7 Å². The van der Waals surface area contributed by atoms with Gasteiger partial charge in [0.25, 0.3) is 5.56 Å². The number of ketones is 1. The second kappa shape index (κ2) is 5.89. The number of nitrogens with one attached hydrogen (secondary N) is 1. The largest absolute Gasteiger partial charge is 0.313 e. The second-order valence-electron chi connectivity index (χ2n) is 5.15. The van der Waals surface area contributed by atoms with Gasteiger partial charge in [0.2, 0.25) is 0 Å². The summed E-state index contributed by atoms with van der Waals surface area (Å²) in [7, 11) is 0. The Bertz CT molecular complexity index is 1000. The molecule has 0 unspecified atom stereocenters. The first-order chi connectivity index (χ1) is 11.0. The van der Waals surface area contributed by atoms with Crippen LogP contribution >= 0.6 is 11.3 Å². The highest BCUT2D eigenvalue weighted by Crippen LogP contribution is 2.22. The van der Waals surface area contributed by atoms with Crippen molar-refractivity contribution in [3.63, 3.8) is 0 Å². The van der Waals surface area contributed by atoms with E-state index in [0.29, 0.717) is 16.8 Å². The van der Waals surface area contributed by atoms with E-state index in [-0.39, 0.29) is 5.56 Å². The third-order valence-corrected chi connectivity index (χ3v) is 4.45. The molecule has 0 fully saturated rings. The Balaban J connectivity index is 1.98. The zero-order chi connectivity index (χ0) is 16.6. The van der Waals surface area contributed by atoms with Crippen LogP contribution in [0.2, 0.25) is 0 Å². The number of pyridine rings is 2. The van der Waals surface area contributed by atoms with Gasteiger partial charge in [-0.25, -0.2) is 4.39 Å². The van der Waals surface area contributed by atoms with Crippen molar-refractivity contribution in [2.24, 2.45) is 0 Å². The number of aryl methyl sites for hydroxylation is 2. The van der Waals surface area contributed by atoms with Gasteiger partial charge in [-0.3, -0.25) is 14.6 Å². The SMILES string of the molecule is Cc1ncc(C=CC(=O)c2c(C)c3ccsc3[nH]c2=O)cc1F. The van der Waals surface area contributed by atoms with E-state index >= 15 is 0 Å². The quantitative estimate of drug-likeness (QED) is 0.590. The Morgan fingerprint density at radius 2 is 2.17 bits per heavy atom. The minimum Gasteiger partial charge on any atom is -0.313 e. The Labute approximate surface area is 135 Å². The molecule has 0 aliphatic heterocycles. The summed E-state index contributed by atoms with van der Waals surface area (Å²) in [5, 5.41) is 2.72. The fourth-order valence-corrected chi connectivity index (χ4v) is 3.18. The van der Waals surface area contributed by atoms with E-state index in [9.17, 15) is 14.0 Å². The first kappa shape index (κ1) is 15.3. The maximum Gasteiger partial charge on any atom is 0.260 e. The number of fused-ring (bicyclic) bond motifs is 1. The van der Waals surface area contributed by atoms with Crippen LogP contribution in [0.3, 0.4) is 0 Å². The molecule has 0 aliphatic rings. The van der Waals surface area contributed by atoms with Crippen LogP contribution in [-0.4, -0.2) is 15.8 Å². The van der Waals surface area contributed by atoms with E-state index in [1.807, 2.05) is 11.4 Å². The number of carbonyl (C=O) groups excluding carboxylic acids is 1. The standard InChI is InChI=1S/C17H13FN2O2S/c1-9-12-5-6-23-17(12)20-16(22)15(9)14(21)4-3-11-7-13(18)10(2)19-8-11/h3-8H,1-2H3,(H,20,22). The third-order valence-electron chi connectivity index (χ3n) is 3.62. The van der Waals surface area contributed by atoms with E-state index < -0.39 is 17.2 Å². The summed E-state index contributed by atoms with van der Waals surface area (Å²) >= 11 is 1.41. The molecule has 23 heavy (non-hydrogen) atoms. The lowest BCUT2D eigenvalue weighted by Gasteiger charge is -2.03. The molecule has 0 aromatic carbocycles. The highest BCUT2D eigenvalue weighted by molar-refractivity contribution is 7.16. The number of thiophene rings is 1. The summed E-state index contributed by atoms with van der Waals surface area (Å²) in [6.07, 6.45) is 4.19. The monoisotopic (exact) mass is 328 g/mol. The van der Waals surface area contributed by atoms with Gasteiger partial charge >= 0.3 is 0 Å². The van der Waals surface area contributed by atoms with Gasteiger partial charge < -0.3 is 4.98 Å². The van der Waals surface area contributed by atoms with Gasteiger partial charge in [0.15, 0.2) is 5.78 Å². The Kier molecular flexibility index (Phi) is 3.92. The van der Waals surface area contributed by atoms with Gasteiger partial charge in [0.1, 0.15) is 10.6 Å². The average molecular weight is 328 g/mol. The Morgan fingerprint density at radius 3 is 2.91 bits per heavy atom. The highest BCUT2D eigenvalue weighted by Gasteiger charge is 2.15. The number of nitrogens with zero attached hydrogens (tertiary/aromatic N) is 1. The van der Waals surface area contributed by atoms with Crippen LogP contribution in [0.5, 0.6) is 0 Å². The summed E-state index contributed by atoms with van der Waals surface area (Å²) in [6.45, 7) is 3.31. The van der Waals surface area contributed by atoms with Crippen LogP contribution < -0.4 is 5.56 Å². The molecular weight excluding hydrogens is 315 g/mol. The molecule has 0 bridgehead atoms. The van der Waals surface area contributed by atoms with Crippen molar-refractivity contribution in [1.82, 2.24) is 9.97 Å². The molecule has 0 radical (unpaired) electrons. The molecule has 0 saturated heterocycles. The van der Waals surface area contributed by atoms with E-state index in [4.69, 9.17) is 0 Å². The first-order valence-electron chi connectivity index (χ1n) is 6.92. The van der Waals surface area contributed by atoms with Crippen LogP contribution in [-0.2, 0) is 0 Å². The van der Waals surface area contributed by atoms with Crippen molar-refractivity contribution < 1.29 is 9.18 Å². The van der Waals surface area contributed by atoms with Gasteiger partial charge in [-0.15, -0.1) is 11.3 Å². The second-order valence-corrected chi connectivity index (χ2v) is 6.07. The van der Waals surface area contributed by atoms with Crippen molar-refractivity contribution in [3.8, 4) is 0 Å². The summed E-state index contributed by atoms with van der Waals surface area (Å²) in [5.74, 6) is -0.855. The van der Waals surface area contributed by atoms with Gasteiger partial charge in [0.05, 0.1) is 11.3 Å². The topological polar surface area (TPSA) is 62.8 Å². The van der Waals surface area contributed by atoms with Gasteiger partial charge in [-0.2, -0.15) is 0 Å². The number of carbonyl (C=O) groups is 1. The van der Waals surface area contributed by atoms with E-state index in [1.165, 1.54) is 35.8 Å². The van der Waals surface area contributed by atoms with Crippen molar-refractivity contribution >= 4 is 33.4 Å². The van der Waals surface area contributed by atoms with E-state index in [2.05, 4.69) is 9.97 Å². The maximum atomic E-state index is 13.5. The minimum atomic E-state index is -0.437. The van der Waals surface area contributed by atoms with Crippen molar-refractivity contribution in [3.05, 3.63) is 68.3 Å². The highest BCUT2D eigenvalue weighted by atomic mass is 32.1. The van der Waals surface area contributed by atoms with E-state index in [0.717, 1.165) is 10.2 Å². The summed E-state index contributed by atoms with van der Waals surface area (Å²) in [6, 6.07) is 3.16. The van der Waals surface area contributed by atoms with Gasteiger partial charge in [-0.1, -0.05) is 0 Å². The minimum absolute atomic E-state index is 0.104. The molecule has 3 rings (SSSR count). The molecule has 6 heteroatoms. The normalized spacial score (nSPS) is 11.4. The Hall–Kier alpha value is -2.60. The van der Waals surface area contributed by atoms with Crippen molar-refractivity contribution in [2.45, 2.75) is 13.8 Å². The molecule has 3 aromatic heterocycles. The molecule has 4 nitrogen and oxygen atoms in total. The molecule has 0 spiro atoms. The number of aromatic nitrogens is 2. The molecule has 1 N–H and O–H groups in total. The third kappa shape index (κ3) is 2.85. The van der Waals surface area contributed by atoms with Gasteiger partial charge in [-0.05, 0) is 54.6 Å². The lowest BCUT2D eigenvalue weighted by molar-refractivity contribution is 0.104. The van der Waals surface area contributed by atoms with Crippen LogP contribution in [0.15, 0.2) is 34.6 Å². The fraction of sp³-hybridized carbons (Fsp3) is 0.118. The smallest absolute Gasteiger partial charge is 0.260 e. The molecule has 0 saturated carbocycles. The summed E-state index contributed by atoms with van der Waals surface area (Å²) < 4.78 is 13.5. The first-order valence-corrected chi connectivity index (χ1v) is 7.80. The zero-order valence-corrected chi connectivity index (χ0v) is 13.3. The van der Waals surface area contributed by atoms with Crippen LogP contribution in [0.4, 0.5) is 4.39 Å². The van der Waals surface area contributed by atoms with Crippen molar-refractivity contribution in [1.29, 1.82) is 0 Å². The number of H-pyrrole nitrogens is 1. The number of allylic oxidation sites excluding steroid dienone is 1. The number of hydrogen-bond acceptors (Lipinski definition) is 4. The molecule has 0 aliphatic carbocycles. The van der Waals surface area contributed by atoms with Crippen LogP contribution in [0.1, 0.15) is 27.2 Å². The average Bonchev–Trinajstić information content (AvgIpc) is 2.97. The Morgan fingerprint density at radius 1 is 1.39 bits per heavy atom. The number of rotatable bonds is 3. The molecule has 3 heterocycles. The summed E-state index contributed by atoms with van der Waals surface area (Å²) in [5.41, 5.74) is 1.09. The number of aromatic amines is 1. The molecule has 3 aromatic rings. The zero-order valence-electron chi connectivity index (χ0n) is 12.5. The molecule has 0 amide bonds. The van der Waals surface area contributed by atoms with Crippen molar-refractivity contribution in [2.75, 3.05) is 0 Å². The molecule has 116 valence electrons. The number of hydrogen-bond donors (Lipinski definition) is 1.